The molecule has 0 aliphatic heterocycles. The van der Waals surface area contributed by atoms with E-state index in [1.54, 1.807) is 24.3 Å². The van der Waals surface area contributed by atoms with E-state index in [-0.39, 0.29) is 0 Å². The van der Waals surface area contributed by atoms with E-state index in [1.807, 2.05) is 19.6 Å². The van der Waals surface area contributed by atoms with Crippen molar-refractivity contribution in [1.82, 2.24) is 4.57 Å². The number of rotatable bonds is 6. The van der Waals surface area contributed by atoms with Gasteiger partial charge in [-0.05, 0) is 61.1 Å². The van der Waals surface area contributed by atoms with E-state index in [4.69, 9.17) is 4.43 Å². The van der Waals surface area contributed by atoms with Crippen LogP contribution < -0.4 is 5.56 Å². The monoisotopic (exact) mass is 417 g/mol. The molecule has 3 nitrogen and oxygen atoms in total. The smallest absolute Gasteiger partial charge is 0.251 e. The number of hydrogen-bond donors (Lipinski definition) is 0. The highest BCUT2D eigenvalue weighted by Gasteiger charge is 2.32. The molecule has 0 bridgehead atoms. The van der Waals surface area contributed by atoms with E-state index in [2.05, 4.69) is 0 Å². The van der Waals surface area contributed by atoms with Crippen molar-refractivity contribution in [3.05, 3.63) is 106 Å². The van der Waals surface area contributed by atoms with Gasteiger partial charge in [0.25, 0.3) is 5.56 Å². The van der Waals surface area contributed by atoms with Crippen molar-refractivity contribution >= 4 is 8.32 Å². The van der Waals surface area contributed by atoms with Gasteiger partial charge in [0.2, 0.25) is 0 Å². The lowest BCUT2D eigenvalue weighted by atomic mass is 9.95. The summed E-state index contributed by atoms with van der Waals surface area (Å²) in [5, 5.41) is 0. The predicted molar refractivity (Wildman–Crippen MR) is 109 cm³/mol. The van der Waals surface area contributed by atoms with Crippen LogP contribution in [0.25, 0.3) is 0 Å². The number of halogens is 3. The molecule has 7 heteroatoms. The zero-order valence-electron chi connectivity index (χ0n) is 16.4. The molecule has 29 heavy (non-hydrogen) atoms. The Morgan fingerprint density at radius 3 is 1.76 bits per heavy atom. The van der Waals surface area contributed by atoms with Crippen LogP contribution in [0, 0.1) is 17.5 Å². The fourth-order valence-corrected chi connectivity index (χ4v) is 4.21. The van der Waals surface area contributed by atoms with Crippen molar-refractivity contribution in [2.45, 2.75) is 31.8 Å². The van der Waals surface area contributed by atoms with Gasteiger partial charge >= 0.3 is 0 Å². The van der Waals surface area contributed by atoms with E-state index in [9.17, 15) is 18.0 Å². The summed E-state index contributed by atoms with van der Waals surface area (Å²) in [6.45, 7) is 5.96. The molecule has 2 atom stereocenters. The molecule has 0 fully saturated rings. The maximum atomic E-state index is 14.0. The second-order valence-corrected chi connectivity index (χ2v) is 12.3. The molecule has 0 unspecified atom stereocenters. The Hall–Kier alpha value is -2.64. The second-order valence-electron chi connectivity index (χ2n) is 7.79. The van der Waals surface area contributed by atoms with Crippen molar-refractivity contribution in [2.75, 3.05) is 0 Å². The Morgan fingerprint density at radius 2 is 1.24 bits per heavy atom. The van der Waals surface area contributed by atoms with Gasteiger partial charge in [0.05, 0.1) is 12.1 Å². The normalized spacial score (nSPS) is 13.9. The third-order valence-corrected chi connectivity index (χ3v) is 5.34. The van der Waals surface area contributed by atoms with Crippen LogP contribution in [0.3, 0.4) is 0 Å². The summed E-state index contributed by atoms with van der Waals surface area (Å²) in [5.41, 5.74) is 0.790. The molecule has 0 amide bonds. The van der Waals surface area contributed by atoms with Gasteiger partial charge in [0.1, 0.15) is 17.5 Å². The summed E-state index contributed by atoms with van der Waals surface area (Å²) < 4.78 is 48.7. The average molecular weight is 418 g/mol. The second kappa shape index (κ2) is 8.38. The van der Waals surface area contributed by atoms with E-state index in [0.29, 0.717) is 11.1 Å². The SMILES string of the molecule is C[Si](C)(C)O[C@H](c1ccc(F)cc1)[C@@H](c1ccc(F)cc1)n1cc(F)ccc1=O. The molecule has 1 heterocycles. The zero-order valence-corrected chi connectivity index (χ0v) is 17.4. The summed E-state index contributed by atoms with van der Waals surface area (Å²) in [4.78, 5) is 12.6. The highest BCUT2D eigenvalue weighted by atomic mass is 28.4. The lowest BCUT2D eigenvalue weighted by Crippen LogP contribution is -2.36. The first-order chi connectivity index (χ1) is 13.6. The third kappa shape index (κ3) is 5.24. The van der Waals surface area contributed by atoms with Crippen LogP contribution in [0.15, 0.2) is 71.7 Å². The Balaban J connectivity index is 2.24. The lowest BCUT2D eigenvalue weighted by molar-refractivity contribution is 0.147. The maximum absolute atomic E-state index is 14.0. The van der Waals surface area contributed by atoms with Crippen molar-refractivity contribution < 1.29 is 17.6 Å². The lowest BCUT2D eigenvalue weighted by Gasteiger charge is -2.34. The minimum Gasteiger partial charge on any atom is -0.408 e. The van der Waals surface area contributed by atoms with E-state index >= 15 is 0 Å². The fraction of sp³-hybridized carbons (Fsp3) is 0.227. The molecular formula is C22H22F3NO2Si. The number of benzene rings is 2. The summed E-state index contributed by atoms with van der Waals surface area (Å²) in [5.74, 6) is -1.41. The van der Waals surface area contributed by atoms with Gasteiger partial charge in [-0.15, -0.1) is 0 Å². The van der Waals surface area contributed by atoms with Gasteiger partial charge in [0.15, 0.2) is 8.32 Å². The fourth-order valence-electron chi connectivity index (χ4n) is 3.18. The third-order valence-electron chi connectivity index (χ3n) is 4.38. The predicted octanol–water partition coefficient (Wildman–Crippen LogP) is 5.45. The van der Waals surface area contributed by atoms with Gasteiger partial charge < -0.3 is 8.99 Å². The van der Waals surface area contributed by atoms with Gasteiger partial charge in [-0.25, -0.2) is 13.2 Å². The van der Waals surface area contributed by atoms with Crippen molar-refractivity contribution in [3.63, 3.8) is 0 Å². The van der Waals surface area contributed by atoms with Crippen LogP contribution in [-0.2, 0) is 4.43 Å². The molecular weight excluding hydrogens is 395 g/mol. The Kier molecular flexibility index (Phi) is 6.09. The van der Waals surface area contributed by atoms with E-state index in [0.717, 1.165) is 18.3 Å². The van der Waals surface area contributed by atoms with E-state index < -0.39 is 43.5 Å². The summed E-state index contributed by atoms with van der Waals surface area (Å²) >= 11 is 0. The van der Waals surface area contributed by atoms with E-state index in [1.165, 1.54) is 28.8 Å². The topological polar surface area (TPSA) is 31.2 Å². The summed E-state index contributed by atoms with van der Waals surface area (Å²) in [7, 11) is -2.16. The quantitative estimate of drug-likeness (QED) is 0.500. The molecule has 0 saturated heterocycles. The Labute approximate surface area is 168 Å². The van der Waals surface area contributed by atoms with Crippen molar-refractivity contribution in [2.24, 2.45) is 0 Å². The standard InChI is InChI=1S/C22H22F3NO2Si/c1-29(2,3)28-22(16-6-10-18(24)11-7-16)21(15-4-8-17(23)9-5-15)26-14-19(25)12-13-20(26)27/h4-14,21-22H,1-3H3/t21-,22-/m1/s1. The van der Waals surface area contributed by atoms with Crippen LogP contribution >= 0.6 is 0 Å². The van der Waals surface area contributed by atoms with Crippen LogP contribution in [-0.4, -0.2) is 12.9 Å². The largest absolute Gasteiger partial charge is 0.408 e. The molecule has 152 valence electrons. The molecule has 1 aromatic heterocycles. The first-order valence-electron chi connectivity index (χ1n) is 9.20. The molecule has 2 aromatic carbocycles. The van der Waals surface area contributed by atoms with Crippen molar-refractivity contribution in [3.8, 4) is 0 Å². The summed E-state index contributed by atoms with van der Waals surface area (Å²) in [6, 6.07) is 12.9. The Bertz CT molecular complexity index is 1030. The molecule has 0 spiro atoms. The van der Waals surface area contributed by atoms with Gasteiger partial charge in [-0.1, -0.05) is 24.3 Å². The zero-order chi connectivity index (χ0) is 21.2. The van der Waals surface area contributed by atoms with Crippen molar-refractivity contribution in [1.29, 1.82) is 0 Å². The highest BCUT2D eigenvalue weighted by molar-refractivity contribution is 6.69. The summed E-state index contributed by atoms with van der Waals surface area (Å²) in [6.07, 6.45) is 0.410. The number of aromatic nitrogens is 1. The van der Waals surface area contributed by atoms with Gasteiger partial charge in [-0.3, -0.25) is 4.79 Å². The van der Waals surface area contributed by atoms with Gasteiger partial charge in [0, 0.05) is 12.3 Å². The number of pyridine rings is 1. The molecule has 0 aliphatic rings. The first kappa shape index (κ1) is 21.1. The first-order valence-corrected chi connectivity index (χ1v) is 12.6. The van der Waals surface area contributed by atoms with Crippen LogP contribution in [0.1, 0.15) is 23.3 Å². The molecule has 3 aromatic rings. The highest BCUT2D eigenvalue weighted by Crippen LogP contribution is 2.37. The van der Waals surface area contributed by atoms with Crippen LogP contribution in [0.5, 0.6) is 0 Å². The molecule has 0 aliphatic carbocycles. The minimum absolute atomic E-state index is 0.401. The number of nitrogens with zero attached hydrogens (tertiary/aromatic N) is 1. The van der Waals surface area contributed by atoms with Gasteiger partial charge in [-0.2, -0.15) is 0 Å². The molecule has 3 rings (SSSR count). The average Bonchev–Trinajstić information content (AvgIpc) is 2.65. The molecule has 0 N–H and O–H groups in total. The minimum atomic E-state index is -2.16. The van der Waals surface area contributed by atoms with Crippen LogP contribution in [0.4, 0.5) is 13.2 Å². The number of hydrogen-bond acceptors (Lipinski definition) is 2. The Morgan fingerprint density at radius 1 is 0.759 bits per heavy atom. The maximum Gasteiger partial charge on any atom is 0.251 e. The molecule has 0 saturated carbocycles. The van der Waals surface area contributed by atoms with Crippen LogP contribution in [0.2, 0.25) is 19.6 Å². The molecule has 0 radical (unpaired) electrons.